The second-order valence-electron chi connectivity index (χ2n) is 6.02. The van der Waals surface area contributed by atoms with Gasteiger partial charge in [-0.1, -0.05) is 72.1 Å². The number of hydrogen-bond donors (Lipinski definition) is 1. The van der Waals surface area contributed by atoms with E-state index in [1.54, 1.807) is 0 Å². The zero-order valence-corrected chi connectivity index (χ0v) is 12.7. The predicted octanol–water partition coefficient (Wildman–Crippen LogP) is 5.28. The van der Waals surface area contributed by atoms with E-state index in [1.165, 1.54) is 57.8 Å². The van der Waals surface area contributed by atoms with E-state index in [0.717, 1.165) is 6.42 Å². The van der Waals surface area contributed by atoms with E-state index in [1.807, 2.05) is 0 Å². The minimum Gasteiger partial charge on any atom is -0.325 e. The van der Waals surface area contributed by atoms with Gasteiger partial charge in [0.25, 0.3) is 0 Å². The van der Waals surface area contributed by atoms with Gasteiger partial charge in [0.2, 0.25) is 0 Å². The molecule has 1 nitrogen and oxygen atoms in total. The molecule has 0 saturated heterocycles. The van der Waals surface area contributed by atoms with Gasteiger partial charge in [-0.25, -0.2) is 0 Å². The Balaban J connectivity index is 3.34. The number of unbranched alkanes of at least 4 members (excludes halogenated alkanes) is 7. The predicted molar refractivity (Wildman–Crippen MR) is 79.3 cm³/mol. The van der Waals surface area contributed by atoms with Gasteiger partial charge in [-0.05, 0) is 25.7 Å². The van der Waals surface area contributed by atoms with E-state index >= 15 is 0 Å². The van der Waals surface area contributed by atoms with E-state index in [9.17, 15) is 0 Å². The summed E-state index contributed by atoms with van der Waals surface area (Å²) in [6.07, 6.45) is 13.6. The van der Waals surface area contributed by atoms with Gasteiger partial charge in [0.15, 0.2) is 0 Å². The van der Waals surface area contributed by atoms with Crippen LogP contribution in [0.4, 0.5) is 0 Å². The Morgan fingerprint density at radius 2 is 1.35 bits per heavy atom. The molecule has 1 heteroatoms. The Hall–Kier alpha value is -0.0400. The van der Waals surface area contributed by atoms with Gasteiger partial charge in [0.05, 0.1) is 0 Å². The maximum Gasteiger partial charge on any atom is 0.0149 e. The lowest BCUT2D eigenvalue weighted by atomic mass is 9.82. The quantitative estimate of drug-likeness (QED) is 0.489. The minimum atomic E-state index is 0.0428. The summed E-state index contributed by atoms with van der Waals surface area (Å²) in [7, 11) is 0. The second-order valence-corrected chi connectivity index (χ2v) is 6.02. The standard InChI is InChI=1S/C16H35N/c1-5-7-8-9-10-11-12-13-14-15(3)16(4,17)6-2/h15H,5-14,17H2,1-4H3. The van der Waals surface area contributed by atoms with Crippen LogP contribution in [-0.2, 0) is 0 Å². The molecule has 17 heavy (non-hydrogen) atoms. The Bertz CT molecular complexity index is 163. The lowest BCUT2D eigenvalue weighted by Crippen LogP contribution is -2.42. The first kappa shape index (κ1) is 17.0. The van der Waals surface area contributed by atoms with Crippen molar-refractivity contribution in [2.45, 2.75) is 97.4 Å². The van der Waals surface area contributed by atoms with Crippen LogP contribution in [-0.4, -0.2) is 5.54 Å². The molecule has 0 aromatic heterocycles. The van der Waals surface area contributed by atoms with Crippen molar-refractivity contribution >= 4 is 0 Å². The maximum absolute atomic E-state index is 6.26. The van der Waals surface area contributed by atoms with Gasteiger partial charge in [-0.2, -0.15) is 0 Å². The molecule has 0 aliphatic rings. The van der Waals surface area contributed by atoms with Gasteiger partial charge in [0.1, 0.15) is 0 Å². The van der Waals surface area contributed by atoms with Crippen LogP contribution < -0.4 is 5.73 Å². The highest BCUT2D eigenvalue weighted by atomic mass is 14.7. The van der Waals surface area contributed by atoms with Crippen LogP contribution in [0.15, 0.2) is 0 Å². The molecule has 0 spiro atoms. The molecule has 0 heterocycles. The summed E-state index contributed by atoms with van der Waals surface area (Å²) in [5, 5.41) is 0. The number of rotatable bonds is 11. The average molecular weight is 241 g/mol. The molecule has 2 atom stereocenters. The van der Waals surface area contributed by atoms with E-state index in [2.05, 4.69) is 27.7 Å². The highest BCUT2D eigenvalue weighted by molar-refractivity contribution is 4.82. The summed E-state index contributed by atoms with van der Waals surface area (Å²) in [5.74, 6) is 0.660. The van der Waals surface area contributed by atoms with Crippen LogP contribution in [0, 0.1) is 5.92 Å². The monoisotopic (exact) mass is 241 g/mol. The average Bonchev–Trinajstić information content (AvgIpc) is 2.32. The van der Waals surface area contributed by atoms with Crippen LogP contribution in [0.5, 0.6) is 0 Å². The third kappa shape index (κ3) is 8.65. The van der Waals surface area contributed by atoms with E-state index in [-0.39, 0.29) is 5.54 Å². The van der Waals surface area contributed by atoms with E-state index in [0.29, 0.717) is 5.92 Å². The van der Waals surface area contributed by atoms with Crippen LogP contribution in [0.2, 0.25) is 0 Å². The van der Waals surface area contributed by atoms with Crippen LogP contribution in [0.1, 0.15) is 91.9 Å². The highest BCUT2D eigenvalue weighted by Gasteiger charge is 2.23. The Labute approximate surface area is 110 Å². The normalized spacial score (nSPS) is 16.8. The van der Waals surface area contributed by atoms with Crippen molar-refractivity contribution in [2.75, 3.05) is 0 Å². The van der Waals surface area contributed by atoms with Crippen LogP contribution >= 0.6 is 0 Å². The zero-order chi connectivity index (χ0) is 13.1. The number of nitrogens with two attached hydrogens (primary N) is 1. The molecule has 0 aliphatic carbocycles. The van der Waals surface area contributed by atoms with Crippen molar-refractivity contribution in [3.63, 3.8) is 0 Å². The second kappa shape index (κ2) is 9.94. The summed E-state index contributed by atoms with van der Waals surface area (Å²) < 4.78 is 0. The summed E-state index contributed by atoms with van der Waals surface area (Å²) in [6.45, 7) is 8.98. The third-order valence-electron chi connectivity index (χ3n) is 4.38. The molecule has 0 fully saturated rings. The molecule has 0 aromatic rings. The topological polar surface area (TPSA) is 26.0 Å². The molecule has 0 bridgehead atoms. The van der Waals surface area contributed by atoms with E-state index in [4.69, 9.17) is 5.73 Å². The summed E-state index contributed by atoms with van der Waals surface area (Å²) in [5.41, 5.74) is 6.30. The molecule has 0 radical (unpaired) electrons. The molecule has 2 N–H and O–H groups in total. The first-order valence-electron chi connectivity index (χ1n) is 7.83. The van der Waals surface area contributed by atoms with Gasteiger partial charge in [-0.3, -0.25) is 0 Å². The fourth-order valence-corrected chi connectivity index (χ4v) is 2.26. The van der Waals surface area contributed by atoms with Crippen LogP contribution in [0.3, 0.4) is 0 Å². The molecule has 104 valence electrons. The molecule has 0 aliphatic heterocycles. The smallest absolute Gasteiger partial charge is 0.0149 e. The van der Waals surface area contributed by atoms with Gasteiger partial charge < -0.3 is 5.73 Å². The summed E-state index contributed by atoms with van der Waals surface area (Å²) in [4.78, 5) is 0. The minimum absolute atomic E-state index is 0.0428. The maximum atomic E-state index is 6.26. The zero-order valence-electron chi connectivity index (χ0n) is 12.7. The van der Waals surface area contributed by atoms with Gasteiger partial charge in [0, 0.05) is 5.54 Å². The Morgan fingerprint density at radius 3 is 1.82 bits per heavy atom. The Kier molecular flexibility index (Phi) is 9.91. The SMILES string of the molecule is CCCCCCCCCCC(C)C(C)(N)CC. The van der Waals surface area contributed by atoms with Crippen LogP contribution in [0.25, 0.3) is 0 Å². The number of hydrogen-bond acceptors (Lipinski definition) is 1. The molecular weight excluding hydrogens is 206 g/mol. The third-order valence-corrected chi connectivity index (χ3v) is 4.38. The highest BCUT2D eigenvalue weighted by Crippen LogP contribution is 2.23. The molecule has 2 unspecified atom stereocenters. The van der Waals surface area contributed by atoms with Gasteiger partial charge in [-0.15, -0.1) is 0 Å². The first-order valence-corrected chi connectivity index (χ1v) is 7.83. The molecular formula is C16H35N. The lowest BCUT2D eigenvalue weighted by Gasteiger charge is -2.30. The fourth-order valence-electron chi connectivity index (χ4n) is 2.26. The van der Waals surface area contributed by atoms with Crippen molar-refractivity contribution in [3.05, 3.63) is 0 Å². The molecule has 0 amide bonds. The largest absolute Gasteiger partial charge is 0.325 e. The summed E-state index contributed by atoms with van der Waals surface area (Å²) >= 11 is 0. The van der Waals surface area contributed by atoms with Crippen molar-refractivity contribution in [1.29, 1.82) is 0 Å². The first-order chi connectivity index (χ1) is 8.04. The molecule has 0 rings (SSSR count). The van der Waals surface area contributed by atoms with Crippen molar-refractivity contribution in [2.24, 2.45) is 11.7 Å². The summed E-state index contributed by atoms with van der Waals surface area (Å²) in [6, 6.07) is 0. The van der Waals surface area contributed by atoms with E-state index < -0.39 is 0 Å². The van der Waals surface area contributed by atoms with Crippen molar-refractivity contribution in [1.82, 2.24) is 0 Å². The Morgan fingerprint density at radius 1 is 0.882 bits per heavy atom. The van der Waals surface area contributed by atoms with Gasteiger partial charge >= 0.3 is 0 Å². The molecule has 0 saturated carbocycles. The van der Waals surface area contributed by atoms with Crippen molar-refractivity contribution < 1.29 is 0 Å². The molecule has 0 aromatic carbocycles. The lowest BCUT2D eigenvalue weighted by molar-refractivity contribution is 0.282. The van der Waals surface area contributed by atoms with Crippen molar-refractivity contribution in [3.8, 4) is 0 Å². The fraction of sp³-hybridized carbons (Fsp3) is 1.00.